The van der Waals surface area contributed by atoms with Gasteiger partial charge in [-0.25, -0.2) is 0 Å². The summed E-state index contributed by atoms with van der Waals surface area (Å²) in [4.78, 5) is 32.0. The largest absolute Gasteiger partial charge is 0.416 e. The highest BCUT2D eigenvalue weighted by Crippen LogP contribution is 2.35. The fourth-order valence-corrected chi connectivity index (χ4v) is 3.67. The first-order chi connectivity index (χ1) is 13.8. The molecule has 156 valence electrons. The molecule has 0 unspecified atom stereocenters. The number of carbonyl (C=O) groups is 2. The Hall–Kier alpha value is -2.58. The number of likely N-dealkylation sites (tertiary alicyclic amines) is 1. The van der Waals surface area contributed by atoms with E-state index in [4.69, 9.17) is 4.84 Å². The van der Waals surface area contributed by atoms with Crippen molar-refractivity contribution in [1.82, 2.24) is 10.2 Å². The lowest BCUT2D eigenvalue weighted by atomic mass is 9.86. The molecule has 1 aromatic carbocycles. The number of nitrogens with zero attached hydrogens (tertiary/aromatic N) is 2. The van der Waals surface area contributed by atoms with Crippen molar-refractivity contribution in [2.24, 2.45) is 11.1 Å². The Kier molecular flexibility index (Phi) is 5.00. The molecule has 1 saturated heterocycles. The molecule has 4 rings (SSSR count). The Morgan fingerprint density at radius 3 is 2.41 bits per heavy atom. The zero-order chi connectivity index (χ0) is 20.6. The van der Waals surface area contributed by atoms with Gasteiger partial charge in [-0.2, -0.15) is 13.2 Å². The molecule has 1 spiro atoms. The zero-order valence-corrected chi connectivity index (χ0v) is 15.8. The molecule has 0 radical (unpaired) electrons. The average Bonchev–Trinajstić information content (AvgIpc) is 3.45. The first kappa shape index (κ1) is 19.7. The van der Waals surface area contributed by atoms with Crippen LogP contribution in [0.5, 0.6) is 0 Å². The van der Waals surface area contributed by atoms with Crippen molar-refractivity contribution in [3.63, 3.8) is 0 Å². The van der Waals surface area contributed by atoms with Gasteiger partial charge >= 0.3 is 6.18 Å². The molecule has 1 aromatic rings. The van der Waals surface area contributed by atoms with E-state index < -0.39 is 17.3 Å². The predicted octanol–water partition coefficient (Wildman–Crippen LogP) is 2.98. The van der Waals surface area contributed by atoms with Crippen molar-refractivity contribution in [3.05, 3.63) is 35.4 Å². The highest BCUT2D eigenvalue weighted by atomic mass is 19.4. The minimum absolute atomic E-state index is 0.197. The number of piperidine rings is 1. The third-order valence-electron chi connectivity index (χ3n) is 5.77. The molecule has 0 bridgehead atoms. The third-order valence-corrected chi connectivity index (χ3v) is 5.77. The number of hydrogen-bond donors (Lipinski definition) is 1. The molecular weight excluding hydrogens is 387 g/mol. The first-order valence-electron chi connectivity index (χ1n) is 9.76. The van der Waals surface area contributed by atoms with E-state index in [1.165, 1.54) is 12.1 Å². The highest BCUT2D eigenvalue weighted by Gasteiger charge is 2.44. The van der Waals surface area contributed by atoms with E-state index in [1.54, 1.807) is 4.90 Å². The number of oxime groups is 1. The van der Waals surface area contributed by atoms with E-state index in [0.717, 1.165) is 25.0 Å². The molecule has 2 amide bonds. The lowest BCUT2D eigenvalue weighted by Crippen LogP contribution is -2.47. The number of halogens is 3. The number of carbonyl (C=O) groups excluding carboxylic acids is 2. The fourth-order valence-electron chi connectivity index (χ4n) is 3.67. The standard InChI is InChI=1S/C20H22F3N3O3/c21-20(22,23)15-5-3-14(4-6-15)18(28)26-9-7-19(8-10-26)11-16(25-29-19)17(27)24-12-13-1-2-13/h3-6,13H,1-2,7-12H2,(H,24,27). The predicted molar refractivity (Wildman–Crippen MR) is 98.2 cm³/mol. The van der Waals surface area contributed by atoms with Gasteiger partial charge in [0.1, 0.15) is 11.3 Å². The van der Waals surface area contributed by atoms with Crippen LogP contribution in [0.1, 0.15) is 48.0 Å². The molecule has 1 N–H and O–H groups in total. The molecule has 6 nitrogen and oxygen atoms in total. The second-order valence-electron chi connectivity index (χ2n) is 8.01. The SMILES string of the molecule is O=C(NCC1CC1)C1=NOC2(CCN(C(=O)c3ccc(C(F)(F)F)cc3)CC2)C1. The molecule has 3 aliphatic rings. The van der Waals surface area contributed by atoms with E-state index in [9.17, 15) is 22.8 Å². The van der Waals surface area contributed by atoms with Crippen LogP contribution in [0.25, 0.3) is 0 Å². The van der Waals surface area contributed by atoms with Gasteiger partial charge in [0.25, 0.3) is 11.8 Å². The van der Waals surface area contributed by atoms with Crippen molar-refractivity contribution in [2.75, 3.05) is 19.6 Å². The van der Waals surface area contributed by atoms with Gasteiger partial charge in [0.05, 0.1) is 5.56 Å². The lowest BCUT2D eigenvalue weighted by Gasteiger charge is -2.37. The number of amides is 2. The van der Waals surface area contributed by atoms with Crippen LogP contribution in [-0.4, -0.2) is 47.7 Å². The number of hydrogen-bond acceptors (Lipinski definition) is 4. The number of rotatable bonds is 4. The number of benzene rings is 1. The summed E-state index contributed by atoms with van der Waals surface area (Å²) in [6.45, 7) is 1.46. The summed E-state index contributed by atoms with van der Waals surface area (Å²) < 4.78 is 38.0. The molecule has 0 aromatic heterocycles. The highest BCUT2D eigenvalue weighted by molar-refractivity contribution is 6.39. The van der Waals surface area contributed by atoms with Gasteiger partial charge in [-0.15, -0.1) is 0 Å². The maximum atomic E-state index is 12.7. The van der Waals surface area contributed by atoms with Gasteiger partial charge in [0.2, 0.25) is 0 Å². The molecule has 1 saturated carbocycles. The van der Waals surface area contributed by atoms with E-state index in [1.807, 2.05) is 0 Å². The maximum absolute atomic E-state index is 12.7. The summed E-state index contributed by atoms with van der Waals surface area (Å²) in [6.07, 6.45) is -0.691. The van der Waals surface area contributed by atoms with Gasteiger partial charge in [-0.05, 0) is 43.0 Å². The van der Waals surface area contributed by atoms with Crippen LogP contribution in [0.2, 0.25) is 0 Å². The normalized spacial score (nSPS) is 20.9. The molecule has 1 aliphatic carbocycles. The fraction of sp³-hybridized carbons (Fsp3) is 0.550. The molecule has 2 heterocycles. The second-order valence-corrected chi connectivity index (χ2v) is 8.01. The smallest absolute Gasteiger partial charge is 0.388 e. The van der Waals surface area contributed by atoms with Crippen LogP contribution in [0.4, 0.5) is 13.2 Å². The monoisotopic (exact) mass is 409 g/mol. The topological polar surface area (TPSA) is 71.0 Å². The molecule has 2 aliphatic heterocycles. The van der Waals surface area contributed by atoms with Crippen LogP contribution in [0.3, 0.4) is 0 Å². The Morgan fingerprint density at radius 1 is 1.17 bits per heavy atom. The Morgan fingerprint density at radius 2 is 1.83 bits per heavy atom. The Balaban J connectivity index is 1.30. The van der Waals surface area contributed by atoms with Crippen molar-refractivity contribution in [1.29, 1.82) is 0 Å². The molecular formula is C20H22F3N3O3. The summed E-state index contributed by atoms with van der Waals surface area (Å²) in [5.74, 6) is 0.0715. The Labute approximate surface area is 166 Å². The zero-order valence-electron chi connectivity index (χ0n) is 15.8. The lowest BCUT2D eigenvalue weighted by molar-refractivity contribution is -0.137. The van der Waals surface area contributed by atoms with Crippen LogP contribution in [0, 0.1) is 5.92 Å². The minimum atomic E-state index is -4.43. The summed E-state index contributed by atoms with van der Waals surface area (Å²) >= 11 is 0. The van der Waals surface area contributed by atoms with Gasteiger partial charge < -0.3 is 15.1 Å². The third kappa shape index (κ3) is 4.38. The van der Waals surface area contributed by atoms with Gasteiger partial charge in [0.15, 0.2) is 0 Å². The quantitative estimate of drug-likeness (QED) is 0.831. The molecule has 2 fully saturated rings. The van der Waals surface area contributed by atoms with E-state index in [2.05, 4.69) is 10.5 Å². The summed E-state index contributed by atoms with van der Waals surface area (Å²) in [5, 5.41) is 6.84. The first-order valence-corrected chi connectivity index (χ1v) is 9.76. The molecule has 0 atom stereocenters. The van der Waals surface area contributed by atoms with E-state index in [0.29, 0.717) is 50.5 Å². The van der Waals surface area contributed by atoms with Crippen molar-refractivity contribution in [3.8, 4) is 0 Å². The van der Waals surface area contributed by atoms with Crippen molar-refractivity contribution in [2.45, 2.75) is 43.9 Å². The minimum Gasteiger partial charge on any atom is -0.388 e. The Bertz CT molecular complexity index is 824. The van der Waals surface area contributed by atoms with E-state index in [-0.39, 0.29) is 17.4 Å². The van der Waals surface area contributed by atoms with Crippen LogP contribution < -0.4 is 5.32 Å². The van der Waals surface area contributed by atoms with Gasteiger partial charge in [-0.1, -0.05) is 5.16 Å². The van der Waals surface area contributed by atoms with E-state index >= 15 is 0 Å². The molecule has 29 heavy (non-hydrogen) atoms. The van der Waals surface area contributed by atoms with Crippen LogP contribution in [-0.2, 0) is 15.8 Å². The van der Waals surface area contributed by atoms with Crippen molar-refractivity contribution < 1.29 is 27.6 Å². The van der Waals surface area contributed by atoms with Crippen LogP contribution >= 0.6 is 0 Å². The summed E-state index contributed by atoms with van der Waals surface area (Å²) in [6, 6.07) is 4.23. The van der Waals surface area contributed by atoms with Gasteiger partial charge in [0, 0.05) is 44.5 Å². The van der Waals surface area contributed by atoms with Crippen LogP contribution in [0.15, 0.2) is 29.4 Å². The summed E-state index contributed by atoms with van der Waals surface area (Å²) in [5.41, 5.74) is -0.759. The second kappa shape index (κ2) is 7.35. The maximum Gasteiger partial charge on any atom is 0.416 e. The van der Waals surface area contributed by atoms with Gasteiger partial charge in [-0.3, -0.25) is 9.59 Å². The number of alkyl halides is 3. The summed E-state index contributed by atoms with van der Waals surface area (Å²) in [7, 11) is 0. The van der Waals surface area contributed by atoms with Crippen molar-refractivity contribution >= 4 is 17.5 Å². The average molecular weight is 409 g/mol. The number of nitrogens with one attached hydrogen (secondary N) is 1. The molecule has 9 heteroatoms.